The first kappa shape index (κ1) is 17.8. The highest BCUT2D eigenvalue weighted by Gasteiger charge is 2.26. The molecule has 2 aromatic rings. The zero-order valence-corrected chi connectivity index (χ0v) is 15.6. The molecule has 5 nitrogen and oxygen atoms in total. The predicted octanol–water partition coefficient (Wildman–Crippen LogP) is 3.83. The molecule has 3 rings (SSSR count). The van der Waals surface area contributed by atoms with Crippen molar-refractivity contribution in [1.82, 2.24) is 15.5 Å². The van der Waals surface area contributed by atoms with Gasteiger partial charge in [0.2, 0.25) is 0 Å². The van der Waals surface area contributed by atoms with Crippen LogP contribution >= 0.6 is 0 Å². The van der Waals surface area contributed by atoms with Crippen LogP contribution in [0.2, 0.25) is 0 Å². The molecular weight excluding hydrogens is 314 g/mol. The van der Waals surface area contributed by atoms with Crippen LogP contribution in [-0.4, -0.2) is 37.1 Å². The molecule has 1 atom stereocenters. The van der Waals surface area contributed by atoms with Gasteiger partial charge in [0.25, 0.3) is 0 Å². The van der Waals surface area contributed by atoms with Gasteiger partial charge in [-0.3, -0.25) is 0 Å². The molecule has 2 heterocycles. The van der Waals surface area contributed by atoms with E-state index in [9.17, 15) is 4.79 Å². The summed E-state index contributed by atoms with van der Waals surface area (Å²) >= 11 is 0. The normalized spacial score (nSPS) is 17.8. The van der Waals surface area contributed by atoms with Gasteiger partial charge >= 0.3 is 6.03 Å². The van der Waals surface area contributed by atoms with Crippen molar-refractivity contribution < 1.29 is 9.21 Å². The van der Waals surface area contributed by atoms with Gasteiger partial charge in [0.15, 0.2) is 0 Å². The second-order valence-corrected chi connectivity index (χ2v) is 7.50. The van der Waals surface area contributed by atoms with Crippen molar-refractivity contribution in [2.24, 2.45) is 5.92 Å². The first-order chi connectivity index (χ1) is 12.0. The number of hydrogen-bond acceptors (Lipinski definition) is 3. The molecule has 1 aliphatic rings. The molecule has 25 heavy (non-hydrogen) atoms. The zero-order valence-electron chi connectivity index (χ0n) is 15.6. The topological polar surface area (TPSA) is 57.5 Å². The number of rotatable bonds is 4. The van der Waals surface area contributed by atoms with Crippen LogP contribution in [0.25, 0.3) is 11.0 Å². The molecule has 0 radical (unpaired) electrons. The quantitative estimate of drug-likeness (QED) is 0.887. The Morgan fingerprint density at radius 2 is 1.92 bits per heavy atom. The van der Waals surface area contributed by atoms with Crippen molar-refractivity contribution in [3.63, 3.8) is 0 Å². The monoisotopic (exact) mass is 343 g/mol. The molecule has 1 saturated heterocycles. The number of carbonyl (C=O) groups is 1. The van der Waals surface area contributed by atoms with E-state index in [1.807, 2.05) is 18.2 Å². The molecule has 0 saturated carbocycles. The summed E-state index contributed by atoms with van der Waals surface area (Å²) in [6.45, 7) is 8.33. The summed E-state index contributed by atoms with van der Waals surface area (Å²) in [6.07, 6.45) is 2.00. The maximum absolute atomic E-state index is 12.5. The second kappa shape index (κ2) is 7.48. The number of piperidine rings is 1. The van der Waals surface area contributed by atoms with Gasteiger partial charge in [-0.1, -0.05) is 32.0 Å². The fourth-order valence-corrected chi connectivity index (χ4v) is 3.55. The molecule has 2 amide bonds. The lowest BCUT2D eigenvalue weighted by molar-refractivity contribution is 0.207. The van der Waals surface area contributed by atoms with E-state index in [0.717, 1.165) is 48.2 Å². The largest absolute Gasteiger partial charge is 0.459 e. The van der Waals surface area contributed by atoms with Gasteiger partial charge in [-0.2, -0.15) is 0 Å². The van der Waals surface area contributed by atoms with Gasteiger partial charge in [-0.15, -0.1) is 0 Å². The number of para-hydroxylation sites is 1. The molecule has 0 bridgehead atoms. The predicted molar refractivity (Wildman–Crippen MR) is 101 cm³/mol. The van der Waals surface area contributed by atoms with Crippen LogP contribution in [0.15, 0.2) is 28.7 Å². The first-order valence-corrected chi connectivity index (χ1v) is 9.19. The Balaban J connectivity index is 1.72. The minimum atomic E-state index is -0.140. The number of nitrogens with one attached hydrogen (secondary N) is 2. The van der Waals surface area contributed by atoms with E-state index in [1.165, 1.54) is 0 Å². The average Bonchev–Trinajstić information content (AvgIpc) is 2.91. The number of amides is 2. The third-order valence-corrected chi connectivity index (χ3v) is 5.17. The van der Waals surface area contributed by atoms with Gasteiger partial charge < -0.3 is 20.0 Å². The van der Waals surface area contributed by atoms with Crippen LogP contribution in [0.4, 0.5) is 4.79 Å². The van der Waals surface area contributed by atoms with Gasteiger partial charge in [0.05, 0.1) is 6.04 Å². The third kappa shape index (κ3) is 3.98. The SMILES string of the molecule is Cc1c(C(NC(=O)NC2CCN(C)CC2)C(C)C)oc2ccccc12. The Hall–Kier alpha value is -2.01. The van der Waals surface area contributed by atoms with Gasteiger partial charge in [0.1, 0.15) is 11.3 Å². The maximum atomic E-state index is 12.5. The molecule has 1 fully saturated rings. The van der Waals surface area contributed by atoms with Crippen LogP contribution in [0.3, 0.4) is 0 Å². The van der Waals surface area contributed by atoms with Gasteiger partial charge in [-0.05, 0) is 51.9 Å². The van der Waals surface area contributed by atoms with E-state index in [0.29, 0.717) is 0 Å². The summed E-state index contributed by atoms with van der Waals surface area (Å²) in [5.74, 6) is 1.09. The summed E-state index contributed by atoms with van der Waals surface area (Å²) in [6, 6.07) is 8.03. The average molecular weight is 343 g/mol. The van der Waals surface area contributed by atoms with Crippen molar-refractivity contribution >= 4 is 17.0 Å². The van der Waals surface area contributed by atoms with E-state index < -0.39 is 0 Å². The van der Waals surface area contributed by atoms with Crippen molar-refractivity contribution in [2.75, 3.05) is 20.1 Å². The van der Waals surface area contributed by atoms with E-state index in [2.05, 4.69) is 49.4 Å². The zero-order chi connectivity index (χ0) is 18.0. The lowest BCUT2D eigenvalue weighted by Gasteiger charge is -2.30. The Kier molecular flexibility index (Phi) is 5.33. The number of likely N-dealkylation sites (tertiary alicyclic amines) is 1. The Labute approximate surface area is 149 Å². The Bertz CT molecular complexity index is 730. The number of nitrogens with zero attached hydrogens (tertiary/aromatic N) is 1. The van der Waals surface area contributed by atoms with Gasteiger partial charge in [0, 0.05) is 17.0 Å². The highest BCUT2D eigenvalue weighted by atomic mass is 16.3. The number of carbonyl (C=O) groups excluding carboxylic acids is 1. The maximum Gasteiger partial charge on any atom is 0.315 e. The Morgan fingerprint density at radius 1 is 1.24 bits per heavy atom. The lowest BCUT2D eigenvalue weighted by Crippen LogP contribution is -2.48. The molecule has 0 spiro atoms. The lowest BCUT2D eigenvalue weighted by atomic mass is 9.98. The van der Waals surface area contributed by atoms with Crippen molar-refractivity contribution in [3.8, 4) is 0 Å². The number of urea groups is 1. The van der Waals surface area contributed by atoms with E-state index in [1.54, 1.807) is 0 Å². The van der Waals surface area contributed by atoms with E-state index >= 15 is 0 Å². The van der Waals surface area contributed by atoms with Gasteiger partial charge in [-0.25, -0.2) is 4.79 Å². The van der Waals surface area contributed by atoms with Crippen LogP contribution in [-0.2, 0) is 0 Å². The summed E-state index contributed by atoms with van der Waals surface area (Å²) in [7, 11) is 2.12. The fraction of sp³-hybridized carbons (Fsp3) is 0.550. The minimum Gasteiger partial charge on any atom is -0.459 e. The van der Waals surface area contributed by atoms with Crippen LogP contribution in [0.5, 0.6) is 0 Å². The molecular formula is C20H29N3O2. The van der Waals surface area contributed by atoms with Crippen LogP contribution < -0.4 is 10.6 Å². The van der Waals surface area contributed by atoms with Crippen molar-refractivity contribution in [3.05, 3.63) is 35.6 Å². The summed E-state index contributed by atoms with van der Waals surface area (Å²) in [4.78, 5) is 14.8. The van der Waals surface area contributed by atoms with Crippen molar-refractivity contribution in [2.45, 2.75) is 45.7 Å². The highest BCUT2D eigenvalue weighted by Crippen LogP contribution is 2.32. The molecule has 1 aromatic heterocycles. The van der Waals surface area contributed by atoms with Crippen molar-refractivity contribution in [1.29, 1.82) is 0 Å². The number of aryl methyl sites for hydroxylation is 1. The summed E-state index contributed by atoms with van der Waals surface area (Å²) in [5.41, 5.74) is 1.98. The minimum absolute atomic E-state index is 0.104. The summed E-state index contributed by atoms with van der Waals surface area (Å²) in [5, 5.41) is 7.38. The number of fused-ring (bicyclic) bond motifs is 1. The molecule has 1 unspecified atom stereocenters. The fourth-order valence-electron chi connectivity index (χ4n) is 3.55. The number of hydrogen-bond donors (Lipinski definition) is 2. The van der Waals surface area contributed by atoms with E-state index in [-0.39, 0.29) is 24.0 Å². The highest BCUT2D eigenvalue weighted by molar-refractivity contribution is 5.82. The molecule has 1 aromatic carbocycles. The summed E-state index contributed by atoms with van der Waals surface area (Å²) < 4.78 is 6.08. The molecule has 2 N–H and O–H groups in total. The standard InChI is InChI=1S/C20H29N3O2/c1-13(2)18(19-14(3)16-7-5-6-8-17(16)25-19)22-20(24)21-15-9-11-23(4)12-10-15/h5-8,13,15,18H,9-12H2,1-4H3,(H2,21,22,24). The smallest absolute Gasteiger partial charge is 0.315 e. The third-order valence-electron chi connectivity index (χ3n) is 5.17. The molecule has 1 aliphatic heterocycles. The number of benzene rings is 1. The molecule has 5 heteroatoms. The molecule has 136 valence electrons. The van der Waals surface area contributed by atoms with E-state index in [4.69, 9.17) is 4.42 Å². The van der Waals surface area contributed by atoms with Crippen LogP contribution in [0, 0.1) is 12.8 Å². The van der Waals surface area contributed by atoms with Crippen LogP contribution in [0.1, 0.15) is 44.1 Å². The second-order valence-electron chi connectivity index (χ2n) is 7.50. The Morgan fingerprint density at radius 3 is 2.56 bits per heavy atom. The molecule has 0 aliphatic carbocycles. The first-order valence-electron chi connectivity index (χ1n) is 9.19. The number of furan rings is 1.